The molecule has 1 aliphatic heterocycles. The first-order valence-corrected chi connectivity index (χ1v) is 8.35. The van der Waals surface area contributed by atoms with Gasteiger partial charge in [-0.1, -0.05) is 19.8 Å². The molecule has 4 nitrogen and oxygen atoms in total. The van der Waals surface area contributed by atoms with Gasteiger partial charge in [-0.3, -0.25) is 4.79 Å². The number of carbonyl (C=O) groups excluding carboxylic acids is 1. The van der Waals surface area contributed by atoms with Crippen LogP contribution in [0.1, 0.15) is 64.7 Å². The molecule has 2 aliphatic rings. The summed E-state index contributed by atoms with van der Waals surface area (Å²) < 4.78 is 6.25. The van der Waals surface area contributed by atoms with Gasteiger partial charge in [0.15, 0.2) is 0 Å². The number of amides is 1. The Morgan fingerprint density at radius 3 is 2.70 bits per heavy atom. The summed E-state index contributed by atoms with van der Waals surface area (Å²) >= 11 is 0. The van der Waals surface area contributed by atoms with Crippen LogP contribution in [-0.4, -0.2) is 30.7 Å². The number of rotatable bonds is 5. The van der Waals surface area contributed by atoms with E-state index in [0.717, 1.165) is 44.6 Å². The van der Waals surface area contributed by atoms with Gasteiger partial charge < -0.3 is 15.8 Å². The smallest absolute Gasteiger partial charge is 0.249 e. The van der Waals surface area contributed by atoms with Crippen molar-refractivity contribution in [2.24, 2.45) is 11.7 Å². The molecule has 0 radical (unpaired) electrons. The van der Waals surface area contributed by atoms with Crippen molar-refractivity contribution < 1.29 is 9.53 Å². The maximum Gasteiger partial charge on any atom is 0.249 e. The Hall–Kier alpha value is -0.610. The molecule has 0 aromatic rings. The van der Waals surface area contributed by atoms with Crippen molar-refractivity contribution in [1.82, 2.24) is 5.32 Å². The average Bonchev–Trinajstić information content (AvgIpc) is 2.67. The predicted molar refractivity (Wildman–Crippen MR) is 80.4 cm³/mol. The Morgan fingerprint density at radius 2 is 2.05 bits per heavy atom. The van der Waals surface area contributed by atoms with Crippen LogP contribution in [0.2, 0.25) is 0 Å². The van der Waals surface area contributed by atoms with Crippen LogP contribution in [0, 0.1) is 5.92 Å². The Balaban J connectivity index is 1.92. The second kappa shape index (κ2) is 7.41. The van der Waals surface area contributed by atoms with Gasteiger partial charge in [0.05, 0.1) is 5.60 Å². The average molecular weight is 282 g/mol. The molecule has 0 spiro atoms. The Bertz CT molecular complexity index is 312. The molecule has 4 heteroatoms. The minimum Gasteiger partial charge on any atom is -0.361 e. The summed E-state index contributed by atoms with van der Waals surface area (Å²) in [6.07, 6.45) is 9.64. The Kier molecular flexibility index (Phi) is 5.85. The second-order valence-electron chi connectivity index (χ2n) is 6.51. The molecule has 116 valence electrons. The molecule has 2 fully saturated rings. The zero-order valence-corrected chi connectivity index (χ0v) is 12.8. The summed E-state index contributed by atoms with van der Waals surface area (Å²) in [7, 11) is 0. The monoisotopic (exact) mass is 282 g/mol. The highest BCUT2D eigenvalue weighted by atomic mass is 16.5. The van der Waals surface area contributed by atoms with E-state index in [0.29, 0.717) is 6.54 Å². The summed E-state index contributed by atoms with van der Waals surface area (Å²) in [5, 5.41) is 2.95. The molecule has 1 aliphatic carbocycles. The van der Waals surface area contributed by atoms with Crippen LogP contribution in [-0.2, 0) is 9.53 Å². The third-order valence-electron chi connectivity index (χ3n) is 4.96. The Labute approximate surface area is 122 Å². The van der Waals surface area contributed by atoms with Gasteiger partial charge in [0.1, 0.15) is 6.10 Å². The first-order valence-electron chi connectivity index (χ1n) is 8.35. The van der Waals surface area contributed by atoms with Gasteiger partial charge in [-0.25, -0.2) is 0 Å². The first kappa shape index (κ1) is 15.8. The molecule has 1 unspecified atom stereocenters. The number of hydrogen-bond donors (Lipinski definition) is 2. The lowest BCUT2D eigenvalue weighted by Gasteiger charge is -2.41. The van der Waals surface area contributed by atoms with Crippen molar-refractivity contribution >= 4 is 5.91 Å². The van der Waals surface area contributed by atoms with E-state index in [4.69, 9.17) is 10.5 Å². The van der Waals surface area contributed by atoms with E-state index in [-0.39, 0.29) is 17.6 Å². The van der Waals surface area contributed by atoms with E-state index in [9.17, 15) is 4.79 Å². The van der Waals surface area contributed by atoms with E-state index >= 15 is 0 Å². The topological polar surface area (TPSA) is 64.3 Å². The van der Waals surface area contributed by atoms with Crippen molar-refractivity contribution in [2.45, 2.75) is 76.4 Å². The van der Waals surface area contributed by atoms with E-state index in [2.05, 4.69) is 12.2 Å². The summed E-state index contributed by atoms with van der Waals surface area (Å²) in [5.74, 6) is 0.886. The highest BCUT2D eigenvalue weighted by molar-refractivity contribution is 5.81. The van der Waals surface area contributed by atoms with Crippen molar-refractivity contribution in [1.29, 1.82) is 0 Å². The molecule has 20 heavy (non-hydrogen) atoms. The largest absolute Gasteiger partial charge is 0.361 e. The summed E-state index contributed by atoms with van der Waals surface area (Å²) in [6, 6.07) is 0. The molecule has 1 heterocycles. The SMILES string of the molecule is CCCC1CCC(CN)(OC2CCCCNC2=O)CC1. The van der Waals surface area contributed by atoms with Crippen molar-refractivity contribution in [3.8, 4) is 0 Å². The number of carbonyl (C=O) groups is 1. The quantitative estimate of drug-likeness (QED) is 0.813. The minimum atomic E-state index is -0.288. The Morgan fingerprint density at radius 1 is 1.30 bits per heavy atom. The predicted octanol–water partition coefficient (Wildman–Crippen LogP) is 2.36. The molecule has 2 rings (SSSR count). The third-order valence-corrected chi connectivity index (χ3v) is 4.96. The number of ether oxygens (including phenoxy) is 1. The van der Waals surface area contributed by atoms with Crippen molar-refractivity contribution in [3.05, 3.63) is 0 Å². The van der Waals surface area contributed by atoms with Crippen molar-refractivity contribution in [2.75, 3.05) is 13.1 Å². The van der Waals surface area contributed by atoms with Gasteiger partial charge in [-0.15, -0.1) is 0 Å². The molecular weight excluding hydrogens is 252 g/mol. The normalized spacial score (nSPS) is 35.4. The molecular formula is C16H30N2O2. The van der Waals surface area contributed by atoms with E-state index in [1.54, 1.807) is 0 Å². The first-order chi connectivity index (χ1) is 9.69. The molecule has 0 aromatic carbocycles. The lowest BCUT2D eigenvalue weighted by molar-refractivity contribution is -0.153. The van der Waals surface area contributed by atoms with Crippen LogP contribution >= 0.6 is 0 Å². The lowest BCUT2D eigenvalue weighted by Crippen LogP contribution is -2.49. The van der Waals surface area contributed by atoms with Gasteiger partial charge in [0.2, 0.25) is 5.91 Å². The molecule has 1 saturated carbocycles. The summed E-state index contributed by atoms with van der Waals surface area (Å²) in [4.78, 5) is 12.0. The molecule has 1 saturated heterocycles. The van der Waals surface area contributed by atoms with Gasteiger partial charge >= 0.3 is 0 Å². The van der Waals surface area contributed by atoms with Crippen LogP contribution < -0.4 is 11.1 Å². The molecule has 0 aromatic heterocycles. The van der Waals surface area contributed by atoms with Gasteiger partial charge in [0.25, 0.3) is 0 Å². The highest BCUT2D eigenvalue weighted by Crippen LogP contribution is 2.37. The summed E-state index contributed by atoms with van der Waals surface area (Å²) in [5.41, 5.74) is 5.75. The van der Waals surface area contributed by atoms with E-state index < -0.39 is 0 Å². The maximum atomic E-state index is 12.0. The van der Waals surface area contributed by atoms with Crippen LogP contribution in [0.3, 0.4) is 0 Å². The number of nitrogens with two attached hydrogens (primary N) is 1. The fraction of sp³-hybridized carbons (Fsp3) is 0.938. The highest BCUT2D eigenvalue weighted by Gasteiger charge is 2.38. The molecule has 3 N–H and O–H groups in total. The van der Waals surface area contributed by atoms with Crippen LogP contribution in [0.4, 0.5) is 0 Å². The van der Waals surface area contributed by atoms with Gasteiger partial charge in [0, 0.05) is 13.1 Å². The van der Waals surface area contributed by atoms with Gasteiger partial charge in [-0.05, 0) is 50.9 Å². The lowest BCUT2D eigenvalue weighted by atomic mass is 9.77. The van der Waals surface area contributed by atoms with Crippen molar-refractivity contribution in [3.63, 3.8) is 0 Å². The second-order valence-corrected chi connectivity index (χ2v) is 6.51. The zero-order chi connectivity index (χ0) is 14.4. The zero-order valence-electron chi connectivity index (χ0n) is 12.8. The fourth-order valence-corrected chi connectivity index (χ4v) is 3.60. The molecule has 0 bridgehead atoms. The number of hydrogen-bond acceptors (Lipinski definition) is 3. The standard InChI is InChI=1S/C16H30N2O2/c1-2-5-13-7-9-16(12-17,10-8-13)20-14-6-3-4-11-18-15(14)19/h13-14H,2-12,17H2,1H3,(H,18,19). The maximum absolute atomic E-state index is 12.0. The fourth-order valence-electron chi connectivity index (χ4n) is 3.60. The molecule has 1 atom stereocenters. The van der Waals surface area contributed by atoms with Crippen LogP contribution in [0.15, 0.2) is 0 Å². The van der Waals surface area contributed by atoms with Gasteiger partial charge in [-0.2, -0.15) is 0 Å². The molecule has 1 amide bonds. The van der Waals surface area contributed by atoms with Crippen LogP contribution in [0.5, 0.6) is 0 Å². The van der Waals surface area contributed by atoms with E-state index in [1.165, 1.54) is 25.7 Å². The summed E-state index contributed by atoms with van der Waals surface area (Å²) in [6.45, 7) is 3.57. The minimum absolute atomic E-state index is 0.0611. The van der Waals surface area contributed by atoms with Crippen LogP contribution in [0.25, 0.3) is 0 Å². The third kappa shape index (κ3) is 3.95. The number of nitrogens with one attached hydrogen (secondary N) is 1. The van der Waals surface area contributed by atoms with E-state index in [1.807, 2.05) is 0 Å².